The van der Waals surface area contributed by atoms with Crippen molar-refractivity contribution >= 4 is 21.5 Å². The minimum Gasteiger partial charge on any atom is -0.208 e. The molecule has 0 aliphatic heterocycles. The Morgan fingerprint density at radius 3 is 1.13 bits per heavy atom. The second-order valence-electron chi connectivity index (χ2n) is 16.7. The van der Waals surface area contributed by atoms with Crippen LogP contribution in [0, 0.1) is 0 Å². The van der Waals surface area contributed by atoms with Gasteiger partial charge >= 0.3 is 0 Å². The first-order chi connectivity index (χ1) is 31.2. The van der Waals surface area contributed by atoms with E-state index in [1.165, 1.54) is 66.1 Å². The van der Waals surface area contributed by atoms with E-state index in [1.807, 2.05) is 12.1 Å². The molecule has 10 aromatic carbocycles. The molecule has 2 aliphatic carbocycles. The van der Waals surface area contributed by atoms with Gasteiger partial charge in [-0.15, -0.1) is 0 Å². The van der Waals surface area contributed by atoms with Gasteiger partial charge in [0.2, 0.25) is 0 Å². The van der Waals surface area contributed by atoms with Crippen molar-refractivity contribution in [2.45, 2.75) is 5.41 Å². The molecule has 0 bridgehead atoms. The van der Waals surface area contributed by atoms with Crippen LogP contribution >= 0.6 is 0 Å². The van der Waals surface area contributed by atoms with Crippen LogP contribution in [0.5, 0.6) is 0 Å². The normalized spacial score (nSPS) is 12.9. The van der Waals surface area contributed by atoms with Gasteiger partial charge in [-0.2, -0.15) is 0 Å². The summed E-state index contributed by atoms with van der Waals surface area (Å²) in [7, 11) is 0. The quantitative estimate of drug-likeness (QED) is 0.174. The van der Waals surface area contributed by atoms with Crippen molar-refractivity contribution in [2.24, 2.45) is 0 Å². The molecule has 0 amide bonds. The SMILES string of the molecule is c1ccc(-c2cccc(-c3nc(-c4cccc(-c5ccccc5)c4)nc(-c4ccc5c(c4)C4(c6ccccc6-5)c5cc6ccccc6cc5-c5cc6ccccc6cc54)n3)c2)cc1. The molecule has 0 saturated carbocycles. The van der Waals surface area contributed by atoms with E-state index >= 15 is 0 Å². The first-order valence-corrected chi connectivity index (χ1v) is 21.6. The average Bonchev–Trinajstić information content (AvgIpc) is 3.81. The highest BCUT2D eigenvalue weighted by molar-refractivity contribution is 6.03. The lowest BCUT2D eigenvalue weighted by Gasteiger charge is -2.31. The van der Waals surface area contributed by atoms with Crippen LogP contribution in [0.1, 0.15) is 22.3 Å². The van der Waals surface area contributed by atoms with E-state index in [0.29, 0.717) is 17.5 Å². The maximum atomic E-state index is 5.35. The third kappa shape index (κ3) is 5.50. The van der Waals surface area contributed by atoms with Crippen LogP contribution in [0.2, 0.25) is 0 Å². The Morgan fingerprint density at radius 2 is 0.603 bits per heavy atom. The van der Waals surface area contributed by atoms with E-state index in [2.05, 4.69) is 212 Å². The van der Waals surface area contributed by atoms with Gasteiger partial charge in [-0.1, -0.05) is 182 Å². The van der Waals surface area contributed by atoms with Crippen LogP contribution in [-0.4, -0.2) is 15.0 Å². The van der Waals surface area contributed by atoms with Gasteiger partial charge in [0.05, 0.1) is 5.41 Å². The molecule has 0 atom stereocenters. The van der Waals surface area contributed by atoms with Crippen LogP contribution in [0.4, 0.5) is 0 Å². The summed E-state index contributed by atoms with van der Waals surface area (Å²) in [6, 6.07) is 81.2. The average molecular weight is 800 g/mol. The summed E-state index contributed by atoms with van der Waals surface area (Å²) < 4.78 is 0. The number of fused-ring (bicyclic) bond motifs is 12. The molecular formula is C60H37N3. The molecule has 0 N–H and O–H groups in total. The first kappa shape index (κ1) is 35.5. The first-order valence-electron chi connectivity index (χ1n) is 21.6. The molecule has 0 unspecified atom stereocenters. The van der Waals surface area contributed by atoms with Gasteiger partial charge in [0.15, 0.2) is 17.5 Å². The molecule has 11 aromatic rings. The van der Waals surface area contributed by atoms with E-state index in [1.54, 1.807) is 0 Å². The summed E-state index contributed by atoms with van der Waals surface area (Å²) in [6.45, 7) is 0. The molecule has 13 rings (SSSR count). The Kier molecular flexibility index (Phi) is 7.82. The Balaban J connectivity index is 1.06. The van der Waals surface area contributed by atoms with Gasteiger partial charge in [-0.05, 0) is 131 Å². The zero-order chi connectivity index (χ0) is 41.5. The van der Waals surface area contributed by atoms with Crippen LogP contribution in [-0.2, 0) is 5.41 Å². The van der Waals surface area contributed by atoms with E-state index in [4.69, 9.17) is 15.0 Å². The lowest BCUT2D eigenvalue weighted by molar-refractivity contribution is 0.796. The maximum absolute atomic E-state index is 5.35. The Morgan fingerprint density at radius 1 is 0.222 bits per heavy atom. The number of hydrogen-bond acceptors (Lipinski definition) is 3. The van der Waals surface area contributed by atoms with Gasteiger partial charge in [-0.25, -0.2) is 15.0 Å². The van der Waals surface area contributed by atoms with Crippen LogP contribution in [0.15, 0.2) is 224 Å². The number of benzene rings is 10. The summed E-state index contributed by atoms with van der Waals surface area (Å²) in [6.07, 6.45) is 0. The maximum Gasteiger partial charge on any atom is 0.164 e. The van der Waals surface area contributed by atoms with Gasteiger partial charge in [0.1, 0.15) is 0 Å². The van der Waals surface area contributed by atoms with Crippen molar-refractivity contribution in [1.29, 1.82) is 0 Å². The number of hydrogen-bond donors (Lipinski definition) is 0. The largest absolute Gasteiger partial charge is 0.208 e. The highest BCUT2D eigenvalue weighted by Crippen LogP contribution is 2.64. The summed E-state index contributed by atoms with van der Waals surface area (Å²) in [4.78, 5) is 15.9. The molecule has 0 radical (unpaired) electrons. The Labute approximate surface area is 365 Å². The van der Waals surface area contributed by atoms with Crippen molar-refractivity contribution in [3.05, 3.63) is 247 Å². The zero-order valence-corrected chi connectivity index (χ0v) is 34.2. The van der Waals surface area contributed by atoms with Crippen LogP contribution in [0.25, 0.3) is 100 Å². The second kappa shape index (κ2) is 13.9. The molecular weight excluding hydrogens is 763 g/mol. The number of nitrogens with zero attached hydrogens (tertiary/aromatic N) is 3. The molecule has 0 fully saturated rings. The summed E-state index contributed by atoms with van der Waals surface area (Å²) in [5, 5.41) is 4.95. The summed E-state index contributed by atoms with van der Waals surface area (Å²) in [5.74, 6) is 1.89. The molecule has 1 aromatic heterocycles. The summed E-state index contributed by atoms with van der Waals surface area (Å²) >= 11 is 0. The second-order valence-corrected chi connectivity index (χ2v) is 16.7. The highest BCUT2D eigenvalue weighted by atomic mass is 15.0. The third-order valence-corrected chi connectivity index (χ3v) is 13.3. The van der Waals surface area contributed by atoms with E-state index in [9.17, 15) is 0 Å². The monoisotopic (exact) mass is 799 g/mol. The molecule has 0 saturated heterocycles. The smallest absolute Gasteiger partial charge is 0.164 e. The number of rotatable bonds is 5. The molecule has 3 heteroatoms. The predicted octanol–water partition coefficient (Wildman–Crippen LogP) is 14.9. The predicted molar refractivity (Wildman–Crippen MR) is 258 cm³/mol. The fourth-order valence-corrected chi connectivity index (χ4v) is 10.4. The van der Waals surface area contributed by atoms with Gasteiger partial charge in [-0.3, -0.25) is 0 Å². The van der Waals surface area contributed by atoms with E-state index in [0.717, 1.165) is 38.9 Å². The van der Waals surface area contributed by atoms with Crippen molar-refractivity contribution in [2.75, 3.05) is 0 Å². The lowest BCUT2D eigenvalue weighted by Crippen LogP contribution is -2.26. The lowest BCUT2D eigenvalue weighted by atomic mass is 9.70. The fourth-order valence-electron chi connectivity index (χ4n) is 10.4. The van der Waals surface area contributed by atoms with Gasteiger partial charge in [0, 0.05) is 16.7 Å². The minimum atomic E-state index is -0.562. The fraction of sp³-hybridized carbons (Fsp3) is 0.0167. The molecule has 1 heterocycles. The van der Waals surface area contributed by atoms with Crippen molar-refractivity contribution in [3.8, 4) is 78.7 Å². The Bertz CT molecular complexity index is 3440. The van der Waals surface area contributed by atoms with E-state index < -0.39 is 5.41 Å². The van der Waals surface area contributed by atoms with E-state index in [-0.39, 0.29) is 0 Å². The molecule has 2 aliphatic rings. The third-order valence-electron chi connectivity index (χ3n) is 13.3. The van der Waals surface area contributed by atoms with Crippen LogP contribution < -0.4 is 0 Å². The minimum absolute atomic E-state index is 0.562. The Hall–Kier alpha value is -8.27. The van der Waals surface area contributed by atoms with Crippen molar-refractivity contribution in [3.63, 3.8) is 0 Å². The molecule has 63 heavy (non-hydrogen) atoms. The van der Waals surface area contributed by atoms with Crippen LogP contribution in [0.3, 0.4) is 0 Å². The molecule has 3 nitrogen and oxygen atoms in total. The van der Waals surface area contributed by atoms with Gasteiger partial charge in [0.25, 0.3) is 0 Å². The standard InChI is InChI=1S/C60H37N3/c1-3-15-38(16-4-1)40-23-13-25-46(31-40)57-61-58(47-26-14-24-41(32-47)39-17-5-2-6-18-39)63-59(62-57)48-29-30-50-49-27-11-12-28-53(49)60(54(50)37-48)55-35-44-21-9-7-19-42(44)33-51(55)52-34-43-20-8-10-22-45(43)36-56(52)60/h1-37H. The summed E-state index contributed by atoms with van der Waals surface area (Å²) in [5.41, 5.74) is 17.0. The van der Waals surface area contributed by atoms with Gasteiger partial charge < -0.3 is 0 Å². The van der Waals surface area contributed by atoms with Crippen molar-refractivity contribution < 1.29 is 0 Å². The highest BCUT2D eigenvalue weighted by Gasteiger charge is 2.52. The molecule has 292 valence electrons. The number of aromatic nitrogens is 3. The topological polar surface area (TPSA) is 38.7 Å². The van der Waals surface area contributed by atoms with Crippen molar-refractivity contribution in [1.82, 2.24) is 15.0 Å². The molecule has 1 spiro atoms. The zero-order valence-electron chi connectivity index (χ0n) is 34.2.